The van der Waals surface area contributed by atoms with Gasteiger partial charge in [0.2, 0.25) is 6.10 Å². The predicted octanol–water partition coefficient (Wildman–Crippen LogP) is 5.01. The number of carbonyl (C=O) groups excluding carboxylic acids is 3. The highest BCUT2D eigenvalue weighted by molar-refractivity contribution is 6.74. The smallest absolute Gasteiger partial charge is 0.407 e. The second-order valence-corrected chi connectivity index (χ2v) is 18.4. The number of benzene rings is 2. The van der Waals surface area contributed by atoms with E-state index in [2.05, 4.69) is 44.3 Å². The van der Waals surface area contributed by atoms with Crippen LogP contribution >= 0.6 is 0 Å². The third-order valence-electron chi connectivity index (χ3n) is 7.72. The lowest BCUT2D eigenvalue weighted by atomic mass is 10.1. The minimum absolute atomic E-state index is 0.0604. The molecule has 13 nitrogen and oxygen atoms in total. The van der Waals surface area contributed by atoms with Crippen LogP contribution in [0.1, 0.15) is 62.3 Å². The number of ether oxygens (including phenoxy) is 2. The van der Waals surface area contributed by atoms with Crippen LogP contribution in [-0.4, -0.2) is 83.1 Å². The molecule has 1 aliphatic heterocycles. The maximum atomic E-state index is 12.6. The molecule has 2 aromatic carbocycles. The van der Waals surface area contributed by atoms with E-state index in [0.717, 1.165) is 5.39 Å². The van der Waals surface area contributed by atoms with E-state index in [1.165, 1.54) is 12.1 Å². The van der Waals surface area contributed by atoms with Gasteiger partial charge < -0.3 is 24.3 Å². The van der Waals surface area contributed by atoms with Gasteiger partial charge >= 0.3 is 12.1 Å². The van der Waals surface area contributed by atoms with Crippen molar-refractivity contribution in [2.24, 2.45) is 0 Å². The van der Waals surface area contributed by atoms with Gasteiger partial charge in [-0.05, 0) is 69.2 Å². The summed E-state index contributed by atoms with van der Waals surface area (Å²) < 4.78 is 19.5. The maximum absolute atomic E-state index is 12.6. The van der Waals surface area contributed by atoms with Crippen molar-refractivity contribution >= 4 is 43.1 Å². The Morgan fingerprint density at radius 1 is 1.00 bits per heavy atom. The van der Waals surface area contributed by atoms with E-state index < -0.39 is 56.6 Å². The fourth-order valence-electron chi connectivity index (χ4n) is 4.40. The zero-order valence-corrected chi connectivity index (χ0v) is 28.4. The molecule has 0 fully saturated rings. The van der Waals surface area contributed by atoms with Gasteiger partial charge in [-0.2, -0.15) is 5.10 Å². The van der Waals surface area contributed by atoms with Gasteiger partial charge in [0.1, 0.15) is 18.0 Å². The molecule has 2 heterocycles. The second-order valence-electron chi connectivity index (χ2n) is 13.6. The molecule has 2 unspecified atom stereocenters. The van der Waals surface area contributed by atoms with Crippen molar-refractivity contribution in [2.75, 3.05) is 13.2 Å². The lowest BCUT2D eigenvalue weighted by Crippen LogP contribution is -2.48. The van der Waals surface area contributed by atoms with Crippen molar-refractivity contribution in [3.05, 3.63) is 59.8 Å². The summed E-state index contributed by atoms with van der Waals surface area (Å²) in [5.41, 5.74) is 0.302. The zero-order valence-electron chi connectivity index (χ0n) is 27.4. The van der Waals surface area contributed by atoms with Gasteiger partial charge in [-0.25, -0.2) is 14.4 Å². The highest BCUT2D eigenvalue weighted by atomic mass is 28.4. The highest BCUT2D eigenvalue weighted by Gasteiger charge is 2.40. The summed E-state index contributed by atoms with van der Waals surface area (Å²) in [4.78, 5) is 54.9. The number of hydroxylamine groups is 2. The highest BCUT2D eigenvalue weighted by Crippen LogP contribution is 2.37. The first-order valence-corrected chi connectivity index (χ1v) is 17.9. The number of carbonyl (C=O) groups is 4. The number of nitrogens with zero attached hydrogens (tertiary/aromatic N) is 3. The average molecular weight is 655 g/mol. The summed E-state index contributed by atoms with van der Waals surface area (Å²) >= 11 is 0. The molecule has 0 bridgehead atoms. The molecule has 14 heteroatoms. The van der Waals surface area contributed by atoms with Crippen LogP contribution in [0.4, 0.5) is 4.79 Å². The molecule has 0 spiro atoms. The van der Waals surface area contributed by atoms with Crippen LogP contribution in [0.3, 0.4) is 0 Å². The fourth-order valence-corrected chi connectivity index (χ4v) is 5.75. The van der Waals surface area contributed by atoms with Gasteiger partial charge in [-0.3, -0.25) is 14.3 Å². The Kier molecular flexibility index (Phi) is 9.94. The van der Waals surface area contributed by atoms with Crippen molar-refractivity contribution < 1.29 is 43.0 Å². The molecule has 1 aliphatic rings. The topological polar surface area (TPSA) is 159 Å². The summed E-state index contributed by atoms with van der Waals surface area (Å²) in [6.45, 7) is 16.2. The van der Waals surface area contributed by atoms with E-state index in [1.807, 2.05) is 6.20 Å². The van der Waals surface area contributed by atoms with Gasteiger partial charge in [0.25, 0.3) is 11.8 Å². The third-order valence-corrected chi connectivity index (χ3v) is 12.3. The van der Waals surface area contributed by atoms with Crippen LogP contribution in [0.25, 0.3) is 10.9 Å². The Labute approximate surface area is 268 Å². The summed E-state index contributed by atoms with van der Waals surface area (Å²) in [6.07, 6.45) is -0.752. The summed E-state index contributed by atoms with van der Waals surface area (Å²) in [5.74, 6) is -2.54. The molecule has 0 aliphatic carbocycles. The quantitative estimate of drug-likeness (QED) is 0.201. The maximum Gasteiger partial charge on any atom is 0.407 e. The van der Waals surface area contributed by atoms with Crippen LogP contribution in [0, 0.1) is 0 Å². The van der Waals surface area contributed by atoms with Crippen LogP contribution in [0.5, 0.6) is 5.75 Å². The van der Waals surface area contributed by atoms with Crippen molar-refractivity contribution in [3.63, 3.8) is 0 Å². The van der Waals surface area contributed by atoms with Gasteiger partial charge in [0.15, 0.2) is 8.32 Å². The van der Waals surface area contributed by atoms with Crippen LogP contribution in [-0.2, 0) is 25.3 Å². The summed E-state index contributed by atoms with van der Waals surface area (Å²) in [7, 11) is -2.22. The molecular formula is C32H42N4O9Si. The van der Waals surface area contributed by atoms with E-state index in [-0.39, 0.29) is 22.7 Å². The lowest BCUT2D eigenvalue weighted by molar-refractivity contribution is -0.178. The van der Waals surface area contributed by atoms with E-state index in [4.69, 9.17) is 18.7 Å². The second kappa shape index (κ2) is 13.2. The van der Waals surface area contributed by atoms with E-state index in [9.17, 15) is 24.3 Å². The minimum atomic E-state index is -2.22. The third kappa shape index (κ3) is 8.30. The van der Waals surface area contributed by atoms with Crippen molar-refractivity contribution in [3.8, 4) is 5.75 Å². The SMILES string of the molecule is CC(C)(C)OC(=O)NCC(Cn1cc2cc(OCC(ON3C(=O)c4ccccc4C3=O)C(=O)O)ccc2n1)O[Si](C)(C)C(C)(C)C. The Morgan fingerprint density at radius 2 is 1.63 bits per heavy atom. The van der Waals surface area contributed by atoms with Crippen molar-refractivity contribution in [1.29, 1.82) is 0 Å². The number of carboxylic acids is 1. The first-order valence-electron chi connectivity index (χ1n) is 15.0. The van der Waals surface area contributed by atoms with Crippen molar-refractivity contribution in [2.45, 2.75) is 84.0 Å². The summed E-state index contributed by atoms with van der Waals surface area (Å²) in [5, 5.41) is 18.3. The Morgan fingerprint density at radius 3 is 2.20 bits per heavy atom. The standard InChI is InChI=1S/C32H42N4O9Si/c1-31(2,3)43-30(41)33-16-22(45-46(7,8)32(4,5)6)18-35-17-20-15-21(13-14-25(20)34-35)42-19-26(29(39)40)44-36-27(37)23-11-9-10-12-24(23)28(36)38/h9-15,17,22,26H,16,18-19H2,1-8H3,(H,33,41)(H,39,40). The monoisotopic (exact) mass is 654 g/mol. The van der Waals surface area contributed by atoms with E-state index >= 15 is 0 Å². The van der Waals surface area contributed by atoms with Crippen LogP contribution in [0.2, 0.25) is 18.1 Å². The first-order chi connectivity index (χ1) is 21.3. The van der Waals surface area contributed by atoms with Gasteiger partial charge in [0, 0.05) is 18.1 Å². The molecule has 4 rings (SSSR count). The van der Waals surface area contributed by atoms with Gasteiger partial charge in [0.05, 0.1) is 29.3 Å². The van der Waals surface area contributed by atoms with Crippen LogP contribution < -0.4 is 10.1 Å². The predicted molar refractivity (Wildman–Crippen MR) is 171 cm³/mol. The fraction of sp³-hybridized carbons (Fsp3) is 0.469. The molecule has 0 saturated carbocycles. The molecule has 248 valence electrons. The minimum Gasteiger partial charge on any atom is -0.490 e. The number of amides is 3. The number of rotatable bonds is 12. The van der Waals surface area contributed by atoms with Gasteiger partial charge in [-0.15, -0.1) is 5.06 Å². The number of aromatic nitrogens is 2. The first kappa shape index (κ1) is 34.6. The molecule has 0 saturated heterocycles. The molecular weight excluding hydrogens is 612 g/mol. The van der Waals surface area contributed by atoms with E-state index in [1.54, 1.807) is 55.8 Å². The Hall–Kier alpha value is -4.27. The van der Waals surface area contributed by atoms with Crippen molar-refractivity contribution in [1.82, 2.24) is 20.2 Å². The van der Waals surface area contributed by atoms with Crippen LogP contribution in [0.15, 0.2) is 48.7 Å². The number of nitrogens with one attached hydrogen (secondary N) is 1. The molecule has 3 aromatic rings. The zero-order chi connectivity index (χ0) is 34.0. The molecule has 1 aromatic heterocycles. The number of aliphatic carboxylic acids is 1. The number of alkyl carbamates (subject to hydrolysis) is 1. The molecule has 2 atom stereocenters. The molecule has 2 N–H and O–H groups in total. The number of imide groups is 1. The normalized spacial score (nSPS) is 15.1. The van der Waals surface area contributed by atoms with E-state index in [0.29, 0.717) is 22.9 Å². The lowest BCUT2D eigenvalue weighted by Gasteiger charge is -2.39. The largest absolute Gasteiger partial charge is 0.490 e. The molecule has 46 heavy (non-hydrogen) atoms. The molecule has 3 amide bonds. The molecule has 0 radical (unpaired) electrons. The number of fused-ring (bicyclic) bond motifs is 2. The van der Waals surface area contributed by atoms with Gasteiger partial charge in [-0.1, -0.05) is 32.9 Å². The Balaban J connectivity index is 1.44. The number of hydrogen-bond donors (Lipinski definition) is 2. The summed E-state index contributed by atoms with van der Waals surface area (Å²) in [6, 6.07) is 11.2. The number of hydrogen-bond acceptors (Lipinski definition) is 9. The Bertz CT molecular complexity index is 1590. The average Bonchev–Trinajstić information content (AvgIpc) is 3.45. The number of carboxylic acid groups (broad SMARTS) is 1.